The van der Waals surface area contributed by atoms with E-state index in [1.165, 1.54) is 25.7 Å². The summed E-state index contributed by atoms with van der Waals surface area (Å²) in [5.74, 6) is 1.41. The van der Waals surface area contributed by atoms with E-state index in [0.29, 0.717) is 11.9 Å². The molecule has 1 aliphatic carbocycles. The van der Waals surface area contributed by atoms with Gasteiger partial charge in [0.25, 0.3) is 0 Å². The minimum atomic E-state index is 0.600. The molecule has 1 heterocycles. The van der Waals surface area contributed by atoms with Gasteiger partial charge in [-0.2, -0.15) is 16.7 Å². The van der Waals surface area contributed by atoms with Crippen LogP contribution in [0.3, 0.4) is 0 Å². The van der Waals surface area contributed by atoms with Gasteiger partial charge in [0.05, 0.1) is 6.54 Å². The largest absolute Gasteiger partial charge is 0.340 e. The van der Waals surface area contributed by atoms with Crippen molar-refractivity contribution in [2.45, 2.75) is 50.4 Å². The molecule has 2 unspecified atom stereocenters. The quantitative estimate of drug-likeness (QED) is 0.875. The molecule has 0 bridgehead atoms. The molecule has 1 aromatic heterocycles. The number of hydrogen-bond donors (Lipinski definition) is 1. The zero-order valence-electron chi connectivity index (χ0n) is 9.90. The maximum Gasteiger partial charge on any atom is 0.223 e. The predicted octanol–water partition coefficient (Wildman–Crippen LogP) is 2.14. The summed E-state index contributed by atoms with van der Waals surface area (Å²) in [7, 11) is 0. The smallest absolute Gasteiger partial charge is 0.223 e. The molecule has 0 saturated heterocycles. The van der Waals surface area contributed by atoms with Crippen LogP contribution in [0.2, 0.25) is 0 Å². The molecule has 0 aliphatic heterocycles. The molecular formula is C11H19N3OS. The third-order valence-electron chi connectivity index (χ3n) is 3.10. The summed E-state index contributed by atoms with van der Waals surface area (Å²) >= 11 is 1.97. The lowest BCUT2D eigenvalue weighted by Gasteiger charge is -2.30. The first-order chi connectivity index (χ1) is 7.79. The number of aryl methyl sites for hydroxylation is 1. The van der Waals surface area contributed by atoms with Gasteiger partial charge < -0.3 is 9.84 Å². The Balaban J connectivity index is 1.84. The summed E-state index contributed by atoms with van der Waals surface area (Å²) in [6.07, 6.45) is 7.49. The van der Waals surface area contributed by atoms with E-state index in [9.17, 15) is 0 Å². The van der Waals surface area contributed by atoms with Crippen LogP contribution in [0.15, 0.2) is 4.52 Å². The van der Waals surface area contributed by atoms with Gasteiger partial charge in [-0.25, -0.2) is 0 Å². The predicted molar refractivity (Wildman–Crippen MR) is 65.4 cm³/mol. The van der Waals surface area contributed by atoms with Crippen molar-refractivity contribution in [3.05, 3.63) is 11.7 Å². The van der Waals surface area contributed by atoms with Gasteiger partial charge in [-0.3, -0.25) is 0 Å². The molecule has 1 saturated carbocycles. The topological polar surface area (TPSA) is 51.0 Å². The molecule has 16 heavy (non-hydrogen) atoms. The van der Waals surface area contributed by atoms with Gasteiger partial charge in [0.15, 0.2) is 5.82 Å². The van der Waals surface area contributed by atoms with Gasteiger partial charge in [-0.15, -0.1) is 0 Å². The average Bonchev–Trinajstić information content (AvgIpc) is 2.73. The van der Waals surface area contributed by atoms with E-state index in [1.807, 2.05) is 18.7 Å². The van der Waals surface area contributed by atoms with E-state index < -0.39 is 0 Å². The summed E-state index contributed by atoms with van der Waals surface area (Å²) in [6, 6.07) is 0.600. The summed E-state index contributed by atoms with van der Waals surface area (Å²) in [5.41, 5.74) is 0. The van der Waals surface area contributed by atoms with E-state index in [1.54, 1.807) is 0 Å². The lowest BCUT2D eigenvalue weighted by molar-refractivity contribution is 0.364. The Morgan fingerprint density at radius 1 is 1.44 bits per heavy atom. The Morgan fingerprint density at radius 2 is 2.25 bits per heavy atom. The highest BCUT2D eigenvalue weighted by molar-refractivity contribution is 7.99. The molecule has 1 fully saturated rings. The van der Waals surface area contributed by atoms with Gasteiger partial charge in [0.1, 0.15) is 0 Å². The van der Waals surface area contributed by atoms with Crippen molar-refractivity contribution in [2.75, 3.05) is 6.26 Å². The van der Waals surface area contributed by atoms with Crippen LogP contribution in [0.25, 0.3) is 0 Å². The van der Waals surface area contributed by atoms with Gasteiger partial charge in [-0.05, 0) is 19.1 Å². The normalized spacial score (nSPS) is 25.9. The van der Waals surface area contributed by atoms with E-state index in [4.69, 9.17) is 4.52 Å². The highest BCUT2D eigenvalue weighted by Crippen LogP contribution is 2.27. The zero-order valence-corrected chi connectivity index (χ0v) is 10.7. The Morgan fingerprint density at radius 3 is 2.94 bits per heavy atom. The number of rotatable bonds is 4. The summed E-state index contributed by atoms with van der Waals surface area (Å²) in [4.78, 5) is 4.20. The van der Waals surface area contributed by atoms with Crippen molar-refractivity contribution in [3.8, 4) is 0 Å². The molecule has 2 atom stereocenters. The number of nitrogens with zero attached hydrogens (tertiary/aromatic N) is 2. The minimum absolute atomic E-state index is 0.600. The van der Waals surface area contributed by atoms with Crippen molar-refractivity contribution >= 4 is 11.8 Å². The van der Waals surface area contributed by atoms with Gasteiger partial charge >= 0.3 is 0 Å². The fourth-order valence-electron chi connectivity index (χ4n) is 2.25. The van der Waals surface area contributed by atoms with E-state index in [-0.39, 0.29) is 0 Å². The maximum atomic E-state index is 4.95. The van der Waals surface area contributed by atoms with Crippen molar-refractivity contribution in [1.82, 2.24) is 15.5 Å². The molecule has 2 rings (SSSR count). The molecule has 1 aromatic rings. The van der Waals surface area contributed by atoms with E-state index in [2.05, 4.69) is 21.7 Å². The molecular weight excluding hydrogens is 222 g/mol. The second-order valence-electron chi connectivity index (χ2n) is 4.28. The molecule has 0 amide bonds. The second kappa shape index (κ2) is 5.68. The Hall–Kier alpha value is -0.550. The van der Waals surface area contributed by atoms with Crippen molar-refractivity contribution in [3.63, 3.8) is 0 Å². The van der Waals surface area contributed by atoms with Crippen LogP contribution >= 0.6 is 11.8 Å². The number of hydrogen-bond acceptors (Lipinski definition) is 5. The molecule has 1 N–H and O–H groups in total. The van der Waals surface area contributed by atoms with Crippen LogP contribution in [0.1, 0.15) is 37.4 Å². The molecule has 0 radical (unpaired) electrons. The van der Waals surface area contributed by atoms with Crippen LogP contribution < -0.4 is 5.32 Å². The third-order valence-corrected chi connectivity index (χ3v) is 4.27. The van der Waals surface area contributed by atoms with Crippen molar-refractivity contribution < 1.29 is 4.52 Å². The zero-order chi connectivity index (χ0) is 11.4. The maximum absolute atomic E-state index is 4.95. The Kier molecular flexibility index (Phi) is 4.23. The lowest BCUT2D eigenvalue weighted by Crippen LogP contribution is -2.40. The highest BCUT2D eigenvalue weighted by atomic mass is 32.2. The standard InChI is InChI=1S/C11H19N3OS/c1-8-13-11(14-15-8)7-12-9-5-3-4-6-10(9)16-2/h9-10,12H,3-7H2,1-2H3. The first kappa shape index (κ1) is 11.9. The third kappa shape index (κ3) is 2.98. The molecule has 4 nitrogen and oxygen atoms in total. The molecule has 1 aliphatic rings. The van der Waals surface area contributed by atoms with Crippen LogP contribution in [-0.2, 0) is 6.54 Å². The fraction of sp³-hybridized carbons (Fsp3) is 0.818. The SMILES string of the molecule is CSC1CCCCC1NCc1noc(C)n1. The number of thioether (sulfide) groups is 1. The molecule has 90 valence electrons. The van der Waals surface area contributed by atoms with Crippen molar-refractivity contribution in [2.24, 2.45) is 0 Å². The van der Waals surface area contributed by atoms with Crippen LogP contribution in [-0.4, -0.2) is 27.7 Å². The van der Waals surface area contributed by atoms with Gasteiger partial charge in [0.2, 0.25) is 5.89 Å². The van der Waals surface area contributed by atoms with Crippen LogP contribution in [0.4, 0.5) is 0 Å². The molecule has 0 aromatic carbocycles. The molecule has 5 heteroatoms. The van der Waals surface area contributed by atoms with Gasteiger partial charge in [-0.1, -0.05) is 18.0 Å². The van der Waals surface area contributed by atoms with E-state index in [0.717, 1.165) is 17.6 Å². The summed E-state index contributed by atoms with van der Waals surface area (Å²) in [5, 5.41) is 8.18. The first-order valence-electron chi connectivity index (χ1n) is 5.85. The van der Waals surface area contributed by atoms with Crippen LogP contribution in [0, 0.1) is 6.92 Å². The number of aromatic nitrogens is 2. The Bertz CT molecular complexity index is 329. The van der Waals surface area contributed by atoms with Gasteiger partial charge in [0, 0.05) is 18.2 Å². The minimum Gasteiger partial charge on any atom is -0.340 e. The summed E-state index contributed by atoms with van der Waals surface area (Å²) < 4.78 is 4.95. The average molecular weight is 241 g/mol. The highest BCUT2D eigenvalue weighted by Gasteiger charge is 2.23. The van der Waals surface area contributed by atoms with E-state index >= 15 is 0 Å². The summed E-state index contributed by atoms with van der Waals surface area (Å²) in [6.45, 7) is 2.54. The number of nitrogens with one attached hydrogen (secondary N) is 1. The Labute approximate surface area is 101 Å². The molecule has 0 spiro atoms. The monoisotopic (exact) mass is 241 g/mol. The van der Waals surface area contributed by atoms with Crippen molar-refractivity contribution in [1.29, 1.82) is 0 Å². The second-order valence-corrected chi connectivity index (χ2v) is 5.35. The fourth-order valence-corrected chi connectivity index (χ4v) is 3.21. The lowest BCUT2D eigenvalue weighted by atomic mass is 9.95. The first-order valence-corrected chi connectivity index (χ1v) is 7.13. The van der Waals surface area contributed by atoms with Crippen LogP contribution in [0.5, 0.6) is 0 Å².